The van der Waals surface area contributed by atoms with Crippen LogP contribution in [0.3, 0.4) is 0 Å². The van der Waals surface area contributed by atoms with Crippen molar-refractivity contribution in [3.05, 3.63) is 23.2 Å². The minimum atomic E-state index is 0.552. The summed E-state index contributed by atoms with van der Waals surface area (Å²) < 4.78 is 5.61. The number of aryl methyl sites for hydroxylation is 1. The maximum absolute atomic E-state index is 10.7. The number of hydrogen-bond donors (Lipinski definition) is 0. The fraction of sp³-hybridized carbons (Fsp3) is 0.583. The molecular formula is C12H16O2. The fourth-order valence-corrected chi connectivity index (χ4v) is 2.23. The standard InChI is InChI=1S/C12H16O2/c1-9-11(8-13)7-12(14-9)10-5-3-2-4-6-10/h7-8,10H,2-6H2,1H3. The molecule has 1 fully saturated rings. The van der Waals surface area contributed by atoms with Crippen LogP contribution in [0.2, 0.25) is 0 Å². The van der Waals surface area contributed by atoms with Gasteiger partial charge in [-0.2, -0.15) is 0 Å². The van der Waals surface area contributed by atoms with Crippen LogP contribution in [-0.2, 0) is 0 Å². The Morgan fingerprint density at radius 2 is 2.07 bits per heavy atom. The Labute approximate surface area is 84.3 Å². The van der Waals surface area contributed by atoms with Gasteiger partial charge in [0.15, 0.2) is 6.29 Å². The van der Waals surface area contributed by atoms with Gasteiger partial charge in [0, 0.05) is 5.92 Å². The summed E-state index contributed by atoms with van der Waals surface area (Å²) in [5.41, 5.74) is 0.713. The minimum Gasteiger partial charge on any atom is -0.465 e. The number of aldehydes is 1. The molecule has 1 aromatic heterocycles. The molecule has 0 N–H and O–H groups in total. The van der Waals surface area contributed by atoms with Crippen molar-refractivity contribution in [2.75, 3.05) is 0 Å². The van der Waals surface area contributed by atoms with Gasteiger partial charge in [-0.1, -0.05) is 19.3 Å². The summed E-state index contributed by atoms with van der Waals surface area (Å²) in [5, 5.41) is 0. The van der Waals surface area contributed by atoms with Gasteiger partial charge in [0.2, 0.25) is 0 Å². The van der Waals surface area contributed by atoms with E-state index in [1.54, 1.807) is 0 Å². The zero-order chi connectivity index (χ0) is 9.97. The van der Waals surface area contributed by atoms with Crippen molar-refractivity contribution >= 4 is 6.29 Å². The van der Waals surface area contributed by atoms with Gasteiger partial charge in [-0.05, 0) is 25.8 Å². The van der Waals surface area contributed by atoms with Crippen LogP contribution in [0.15, 0.2) is 10.5 Å². The van der Waals surface area contributed by atoms with Crippen molar-refractivity contribution in [2.24, 2.45) is 0 Å². The summed E-state index contributed by atoms with van der Waals surface area (Å²) in [6.45, 7) is 1.86. The smallest absolute Gasteiger partial charge is 0.153 e. The van der Waals surface area contributed by atoms with E-state index in [4.69, 9.17) is 4.42 Å². The molecule has 0 aliphatic heterocycles. The van der Waals surface area contributed by atoms with Crippen LogP contribution < -0.4 is 0 Å². The first-order valence-corrected chi connectivity index (χ1v) is 5.37. The highest BCUT2D eigenvalue weighted by molar-refractivity contribution is 5.76. The molecule has 2 nitrogen and oxygen atoms in total. The highest BCUT2D eigenvalue weighted by Crippen LogP contribution is 2.34. The van der Waals surface area contributed by atoms with Gasteiger partial charge >= 0.3 is 0 Å². The lowest BCUT2D eigenvalue weighted by Crippen LogP contribution is -2.02. The second-order valence-corrected chi connectivity index (χ2v) is 4.11. The Morgan fingerprint density at radius 1 is 1.36 bits per heavy atom. The molecule has 0 saturated heterocycles. The molecule has 0 unspecified atom stereocenters. The quantitative estimate of drug-likeness (QED) is 0.672. The van der Waals surface area contributed by atoms with E-state index >= 15 is 0 Å². The number of carbonyl (C=O) groups excluding carboxylic acids is 1. The second kappa shape index (κ2) is 3.99. The van der Waals surface area contributed by atoms with Crippen LogP contribution in [0.4, 0.5) is 0 Å². The number of rotatable bonds is 2. The minimum absolute atomic E-state index is 0.552. The average molecular weight is 192 g/mol. The van der Waals surface area contributed by atoms with E-state index in [2.05, 4.69) is 0 Å². The van der Waals surface area contributed by atoms with Crippen LogP contribution in [0.25, 0.3) is 0 Å². The van der Waals surface area contributed by atoms with E-state index in [-0.39, 0.29) is 0 Å². The van der Waals surface area contributed by atoms with Crippen molar-refractivity contribution in [3.8, 4) is 0 Å². The maximum Gasteiger partial charge on any atom is 0.153 e. The maximum atomic E-state index is 10.7. The van der Waals surface area contributed by atoms with E-state index in [1.807, 2.05) is 13.0 Å². The summed E-state index contributed by atoms with van der Waals surface area (Å²) in [6, 6.07) is 1.92. The van der Waals surface area contributed by atoms with E-state index < -0.39 is 0 Å². The lowest BCUT2D eigenvalue weighted by Gasteiger charge is -2.18. The van der Waals surface area contributed by atoms with Crippen LogP contribution >= 0.6 is 0 Å². The largest absolute Gasteiger partial charge is 0.465 e. The zero-order valence-corrected chi connectivity index (χ0v) is 8.58. The Balaban J connectivity index is 2.18. The molecule has 76 valence electrons. The summed E-state index contributed by atoms with van der Waals surface area (Å²) >= 11 is 0. The lowest BCUT2D eigenvalue weighted by atomic mass is 9.87. The molecule has 1 aliphatic carbocycles. The third-order valence-electron chi connectivity index (χ3n) is 3.11. The number of hydrogen-bond acceptors (Lipinski definition) is 2. The third-order valence-corrected chi connectivity index (χ3v) is 3.11. The van der Waals surface area contributed by atoms with Crippen LogP contribution in [0, 0.1) is 6.92 Å². The Bertz CT molecular complexity index is 319. The molecule has 14 heavy (non-hydrogen) atoms. The van der Waals surface area contributed by atoms with E-state index in [9.17, 15) is 4.79 Å². The highest BCUT2D eigenvalue weighted by Gasteiger charge is 2.19. The Morgan fingerprint density at radius 3 is 2.64 bits per heavy atom. The van der Waals surface area contributed by atoms with E-state index in [0.29, 0.717) is 11.5 Å². The molecular weight excluding hydrogens is 176 g/mol. The van der Waals surface area contributed by atoms with Crippen LogP contribution in [0.1, 0.15) is 59.9 Å². The third kappa shape index (κ3) is 1.74. The van der Waals surface area contributed by atoms with Crippen LogP contribution in [-0.4, -0.2) is 6.29 Å². The molecule has 1 aliphatic rings. The number of carbonyl (C=O) groups is 1. The van der Waals surface area contributed by atoms with E-state index in [1.165, 1.54) is 32.1 Å². The molecule has 0 amide bonds. The predicted molar refractivity (Wildman–Crippen MR) is 54.7 cm³/mol. The fourth-order valence-electron chi connectivity index (χ4n) is 2.23. The monoisotopic (exact) mass is 192 g/mol. The van der Waals surface area contributed by atoms with Gasteiger partial charge in [-0.3, -0.25) is 4.79 Å². The zero-order valence-electron chi connectivity index (χ0n) is 8.58. The average Bonchev–Trinajstić information content (AvgIpc) is 2.61. The van der Waals surface area contributed by atoms with Crippen LogP contribution in [0.5, 0.6) is 0 Å². The molecule has 0 aromatic carbocycles. The first-order chi connectivity index (χ1) is 6.81. The first-order valence-electron chi connectivity index (χ1n) is 5.37. The SMILES string of the molecule is Cc1oc(C2CCCCC2)cc1C=O. The van der Waals surface area contributed by atoms with Gasteiger partial charge < -0.3 is 4.42 Å². The summed E-state index contributed by atoms with van der Waals surface area (Å²) in [4.78, 5) is 10.7. The van der Waals surface area contributed by atoms with Crippen molar-refractivity contribution in [1.29, 1.82) is 0 Å². The highest BCUT2D eigenvalue weighted by atomic mass is 16.3. The molecule has 0 bridgehead atoms. The molecule has 2 rings (SSSR count). The van der Waals surface area contributed by atoms with Gasteiger partial charge in [0.25, 0.3) is 0 Å². The molecule has 0 radical (unpaired) electrons. The first kappa shape index (κ1) is 9.50. The normalized spacial score (nSPS) is 18.4. The topological polar surface area (TPSA) is 30.2 Å². The van der Waals surface area contributed by atoms with Gasteiger partial charge in [0.05, 0.1) is 5.56 Å². The summed E-state index contributed by atoms with van der Waals surface area (Å²) in [5.74, 6) is 2.33. The van der Waals surface area contributed by atoms with Crippen molar-refractivity contribution in [2.45, 2.75) is 44.9 Å². The second-order valence-electron chi connectivity index (χ2n) is 4.11. The Kier molecular flexibility index (Phi) is 2.71. The lowest BCUT2D eigenvalue weighted by molar-refractivity contribution is 0.112. The molecule has 0 spiro atoms. The predicted octanol–water partition coefficient (Wildman–Crippen LogP) is 3.45. The molecule has 1 saturated carbocycles. The van der Waals surface area contributed by atoms with Crippen molar-refractivity contribution in [1.82, 2.24) is 0 Å². The Hall–Kier alpha value is -1.05. The van der Waals surface area contributed by atoms with Crippen molar-refractivity contribution < 1.29 is 9.21 Å². The summed E-state index contributed by atoms with van der Waals surface area (Å²) in [6.07, 6.45) is 7.24. The number of furan rings is 1. The van der Waals surface area contributed by atoms with Gasteiger partial charge in [0.1, 0.15) is 11.5 Å². The van der Waals surface area contributed by atoms with Crippen molar-refractivity contribution in [3.63, 3.8) is 0 Å². The van der Waals surface area contributed by atoms with E-state index in [0.717, 1.165) is 17.8 Å². The van der Waals surface area contributed by atoms with Gasteiger partial charge in [-0.15, -0.1) is 0 Å². The van der Waals surface area contributed by atoms with Gasteiger partial charge in [-0.25, -0.2) is 0 Å². The molecule has 0 atom stereocenters. The molecule has 2 heteroatoms. The molecule has 1 heterocycles. The molecule has 1 aromatic rings. The summed E-state index contributed by atoms with van der Waals surface area (Å²) in [7, 11) is 0.